The summed E-state index contributed by atoms with van der Waals surface area (Å²) in [5, 5.41) is 9.12. The number of alkyl halides is 3. The molecule has 4 aromatic rings. The first-order valence-electron chi connectivity index (χ1n) is 13.9. The van der Waals surface area contributed by atoms with E-state index in [1.807, 2.05) is 0 Å². The fourth-order valence-corrected chi connectivity index (χ4v) is 5.51. The Balaban J connectivity index is 1.21. The molecule has 1 aromatic heterocycles. The molecule has 2 heterocycles. The Hall–Kier alpha value is -4.65. The van der Waals surface area contributed by atoms with Crippen LogP contribution in [0, 0.1) is 6.92 Å². The minimum Gasteiger partial charge on any atom is -0.406 e. The monoisotopic (exact) mass is 621 g/mol. The molecule has 0 aliphatic carbocycles. The lowest BCUT2D eigenvalue weighted by atomic mass is 9.98. The van der Waals surface area contributed by atoms with E-state index in [1.165, 1.54) is 47.1 Å². The lowest BCUT2D eigenvalue weighted by molar-refractivity contribution is -0.274. The van der Waals surface area contributed by atoms with Crippen molar-refractivity contribution < 1.29 is 22.7 Å². The highest BCUT2D eigenvalue weighted by atomic mass is 32.2. The maximum atomic E-state index is 12.7. The van der Waals surface area contributed by atoms with Gasteiger partial charge >= 0.3 is 12.4 Å². The first kappa shape index (κ1) is 30.8. The molecule has 3 aromatic carbocycles. The normalized spacial score (nSPS) is 14.9. The lowest BCUT2D eigenvalue weighted by Crippen LogP contribution is -2.36. The second-order valence-corrected chi connectivity index (χ2v) is 11.4. The number of carbonyl (C=O) groups excluding carboxylic acids is 1. The summed E-state index contributed by atoms with van der Waals surface area (Å²) in [7, 11) is 0. The minimum atomic E-state index is -4.76. The van der Waals surface area contributed by atoms with Gasteiger partial charge in [0.15, 0.2) is 11.0 Å². The van der Waals surface area contributed by atoms with Crippen molar-refractivity contribution in [1.82, 2.24) is 20.2 Å². The van der Waals surface area contributed by atoms with Gasteiger partial charge in [0, 0.05) is 23.5 Å². The van der Waals surface area contributed by atoms with Gasteiger partial charge in [-0.05, 0) is 66.3 Å². The maximum absolute atomic E-state index is 12.7. The summed E-state index contributed by atoms with van der Waals surface area (Å²) in [5.41, 5.74) is 7.91. The molecule has 1 fully saturated rings. The van der Waals surface area contributed by atoms with Gasteiger partial charge in [-0.25, -0.2) is 19.9 Å². The molecule has 2 amide bonds. The number of hydrogen-bond acceptors (Lipinski definition) is 6. The van der Waals surface area contributed by atoms with E-state index < -0.39 is 12.4 Å². The molecule has 5 rings (SSSR count). The summed E-state index contributed by atoms with van der Waals surface area (Å²) in [6.07, 6.45) is -0.777. The van der Waals surface area contributed by atoms with Crippen LogP contribution in [0.1, 0.15) is 42.9 Å². The number of nitrogens with zero attached hydrogens (tertiary/aromatic N) is 6. The molecule has 1 N–H and O–H groups in total. The van der Waals surface area contributed by atoms with Crippen molar-refractivity contribution in [3.05, 3.63) is 89.7 Å². The van der Waals surface area contributed by atoms with Crippen LogP contribution in [0.25, 0.3) is 17.1 Å². The zero-order valence-corrected chi connectivity index (χ0v) is 25.1. The van der Waals surface area contributed by atoms with Gasteiger partial charge in [0.25, 0.3) is 0 Å². The first-order chi connectivity index (χ1) is 21.1. The molecule has 0 atom stereocenters. The first-order valence-corrected chi connectivity index (χ1v) is 14.9. The van der Waals surface area contributed by atoms with Crippen LogP contribution in [-0.2, 0) is 0 Å². The van der Waals surface area contributed by atoms with Gasteiger partial charge in [-0.15, -0.1) is 18.3 Å². The fourth-order valence-electron chi connectivity index (χ4n) is 4.56. The summed E-state index contributed by atoms with van der Waals surface area (Å²) in [4.78, 5) is 23.4. The maximum Gasteiger partial charge on any atom is 0.573 e. The molecular formula is C31H30F3N7O2S. The standard InChI is InChI=1S/C31H30F3N7O2S/c1-20(2)26-14-5-21(3)17-27(26)40-15-4-16-44-30(40)37-29(42)38-36-18-22-6-8-23(9-7-22)28-35-19-41(39-28)24-10-12-25(13-11-24)43-31(32,33)34/h5-14,17-20H,4,15-16H2,1-3H3,(H,38,42)/b36-18+,37-30-. The third-order valence-corrected chi connectivity index (χ3v) is 7.72. The van der Waals surface area contributed by atoms with E-state index in [9.17, 15) is 18.0 Å². The molecule has 1 saturated heterocycles. The number of amides is 2. The number of hydrazone groups is 1. The molecular weight excluding hydrogens is 591 g/mol. The quantitative estimate of drug-likeness (QED) is 0.172. The van der Waals surface area contributed by atoms with Crippen LogP contribution in [0.15, 0.2) is 83.2 Å². The van der Waals surface area contributed by atoms with Crippen molar-refractivity contribution in [2.24, 2.45) is 10.1 Å². The van der Waals surface area contributed by atoms with E-state index in [0.29, 0.717) is 22.6 Å². The smallest absolute Gasteiger partial charge is 0.406 e. The fraction of sp³-hybridized carbons (Fsp3) is 0.258. The van der Waals surface area contributed by atoms with Gasteiger partial charge < -0.3 is 9.64 Å². The highest BCUT2D eigenvalue weighted by Gasteiger charge is 2.31. The Morgan fingerprint density at radius 1 is 1.09 bits per heavy atom. The number of nitrogens with one attached hydrogen (secondary N) is 1. The Labute approximate surface area is 256 Å². The summed E-state index contributed by atoms with van der Waals surface area (Å²) in [6, 6.07) is 18.3. The van der Waals surface area contributed by atoms with E-state index in [1.54, 1.807) is 36.0 Å². The van der Waals surface area contributed by atoms with E-state index in [-0.39, 0.29) is 5.75 Å². The number of thioether (sulfide) groups is 1. The van der Waals surface area contributed by atoms with Crippen LogP contribution in [-0.4, -0.2) is 50.8 Å². The van der Waals surface area contributed by atoms with Crippen molar-refractivity contribution in [3.63, 3.8) is 0 Å². The zero-order chi connectivity index (χ0) is 31.3. The number of hydrogen-bond donors (Lipinski definition) is 1. The number of halogens is 3. The number of urea groups is 1. The third kappa shape index (κ3) is 7.84. The van der Waals surface area contributed by atoms with Crippen LogP contribution in [0.4, 0.5) is 23.7 Å². The van der Waals surface area contributed by atoms with Gasteiger partial charge in [0.2, 0.25) is 0 Å². The van der Waals surface area contributed by atoms with Crippen LogP contribution in [0.3, 0.4) is 0 Å². The molecule has 0 bridgehead atoms. The Morgan fingerprint density at radius 2 is 1.84 bits per heavy atom. The van der Waals surface area contributed by atoms with E-state index in [4.69, 9.17) is 0 Å². The summed E-state index contributed by atoms with van der Waals surface area (Å²) in [6.45, 7) is 7.15. The molecule has 9 nitrogen and oxygen atoms in total. The topological polar surface area (TPSA) is 97.0 Å². The van der Waals surface area contributed by atoms with Crippen LogP contribution in [0.5, 0.6) is 5.75 Å². The van der Waals surface area contributed by atoms with Gasteiger partial charge in [-0.2, -0.15) is 10.1 Å². The van der Waals surface area contributed by atoms with Crippen molar-refractivity contribution in [2.45, 2.75) is 39.5 Å². The molecule has 44 heavy (non-hydrogen) atoms. The van der Waals surface area contributed by atoms with E-state index in [0.717, 1.165) is 41.1 Å². The second-order valence-electron chi connectivity index (χ2n) is 10.3. The average Bonchev–Trinajstić information content (AvgIpc) is 3.48. The number of ether oxygens (including phenoxy) is 1. The average molecular weight is 622 g/mol. The largest absolute Gasteiger partial charge is 0.573 e. The predicted molar refractivity (Wildman–Crippen MR) is 167 cm³/mol. The molecule has 13 heteroatoms. The number of aryl methyl sites for hydroxylation is 1. The predicted octanol–water partition coefficient (Wildman–Crippen LogP) is 7.31. The van der Waals surface area contributed by atoms with Crippen LogP contribution < -0.4 is 15.1 Å². The van der Waals surface area contributed by atoms with Crippen molar-refractivity contribution in [1.29, 1.82) is 0 Å². The van der Waals surface area contributed by atoms with E-state index in [2.05, 4.69) is 74.2 Å². The molecule has 1 aliphatic rings. The Morgan fingerprint density at radius 3 is 2.55 bits per heavy atom. The number of carbonyl (C=O) groups is 1. The Kier molecular flexibility index (Phi) is 9.33. The highest BCUT2D eigenvalue weighted by Crippen LogP contribution is 2.33. The summed E-state index contributed by atoms with van der Waals surface area (Å²) >= 11 is 1.56. The number of aliphatic imine (C=N–C) groups is 1. The lowest BCUT2D eigenvalue weighted by Gasteiger charge is -2.32. The van der Waals surface area contributed by atoms with E-state index >= 15 is 0 Å². The molecule has 0 radical (unpaired) electrons. The van der Waals surface area contributed by atoms with Crippen molar-refractivity contribution >= 4 is 34.9 Å². The Bertz CT molecular complexity index is 1670. The van der Waals surface area contributed by atoms with Gasteiger partial charge in [-0.3, -0.25) is 0 Å². The third-order valence-electron chi connectivity index (χ3n) is 6.65. The van der Waals surface area contributed by atoms with Crippen molar-refractivity contribution in [2.75, 3.05) is 17.2 Å². The number of rotatable bonds is 7. The van der Waals surface area contributed by atoms with Crippen molar-refractivity contribution in [3.8, 4) is 22.8 Å². The number of aromatic nitrogens is 3. The number of benzene rings is 3. The molecule has 228 valence electrons. The number of anilines is 1. The summed E-state index contributed by atoms with van der Waals surface area (Å²) < 4.78 is 42.6. The molecule has 1 aliphatic heterocycles. The SMILES string of the molecule is Cc1ccc(C(C)C)c(N2CCCS/C2=N\C(=O)N/N=C/c2ccc(-c3ncn(-c4ccc(OC(F)(F)F)cc4)n3)cc2)c1. The van der Waals surface area contributed by atoms with Gasteiger partial charge in [-0.1, -0.05) is 62.0 Å². The molecule has 0 spiro atoms. The van der Waals surface area contributed by atoms with Gasteiger partial charge in [0.1, 0.15) is 12.1 Å². The minimum absolute atomic E-state index is 0.320. The number of amidine groups is 1. The van der Waals surface area contributed by atoms with Crippen LogP contribution in [0.2, 0.25) is 0 Å². The molecule has 0 unspecified atom stereocenters. The van der Waals surface area contributed by atoms with Crippen LogP contribution >= 0.6 is 11.8 Å². The summed E-state index contributed by atoms with van der Waals surface area (Å²) in [5.74, 6) is 1.33. The second kappa shape index (κ2) is 13.3. The van der Waals surface area contributed by atoms with Gasteiger partial charge in [0.05, 0.1) is 11.9 Å². The highest BCUT2D eigenvalue weighted by molar-refractivity contribution is 8.14. The zero-order valence-electron chi connectivity index (χ0n) is 24.2. The molecule has 0 saturated carbocycles.